The van der Waals surface area contributed by atoms with E-state index >= 15 is 0 Å². The molecular formula is C9H11N3O2S2. The average Bonchev–Trinajstić information content (AvgIpc) is 2.85. The Morgan fingerprint density at radius 1 is 1.50 bits per heavy atom. The van der Waals surface area contributed by atoms with Crippen molar-refractivity contribution in [1.29, 1.82) is 0 Å². The summed E-state index contributed by atoms with van der Waals surface area (Å²) in [6, 6.07) is 3.87. The highest BCUT2D eigenvalue weighted by Gasteiger charge is 2.14. The van der Waals surface area contributed by atoms with Gasteiger partial charge in [-0.25, -0.2) is 18.1 Å². The summed E-state index contributed by atoms with van der Waals surface area (Å²) in [5, 5.41) is 0.0841. The quantitative estimate of drug-likeness (QED) is 0.865. The molecule has 2 aromatic heterocycles. The number of thiophene rings is 1. The van der Waals surface area contributed by atoms with Gasteiger partial charge in [0.25, 0.3) is 10.0 Å². The highest BCUT2D eigenvalue weighted by molar-refractivity contribution is 7.89. The molecule has 0 atom stereocenters. The molecule has 0 aliphatic carbocycles. The van der Waals surface area contributed by atoms with Gasteiger partial charge in [0.05, 0.1) is 12.5 Å². The topological polar surface area (TPSA) is 74.8 Å². The minimum atomic E-state index is -3.47. The van der Waals surface area contributed by atoms with E-state index in [9.17, 15) is 8.42 Å². The van der Waals surface area contributed by atoms with Gasteiger partial charge < -0.3 is 4.98 Å². The second-order valence-electron chi connectivity index (χ2n) is 3.25. The number of aryl methyl sites for hydroxylation is 1. The van der Waals surface area contributed by atoms with Crippen molar-refractivity contribution in [2.45, 2.75) is 18.5 Å². The monoisotopic (exact) mass is 257 g/mol. The molecular weight excluding hydrogens is 246 g/mol. The van der Waals surface area contributed by atoms with Crippen LogP contribution in [-0.4, -0.2) is 18.4 Å². The predicted molar refractivity (Wildman–Crippen MR) is 61.7 cm³/mol. The number of nitrogens with zero attached hydrogens (tertiary/aromatic N) is 1. The molecule has 0 aromatic carbocycles. The van der Waals surface area contributed by atoms with Gasteiger partial charge in [-0.15, -0.1) is 11.3 Å². The lowest BCUT2D eigenvalue weighted by Gasteiger charge is -2.02. The van der Waals surface area contributed by atoms with Crippen molar-refractivity contribution in [1.82, 2.24) is 14.7 Å². The van der Waals surface area contributed by atoms with Crippen molar-refractivity contribution in [3.63, 3.8) is 0 Å². The molecule has 2 N–H and O–H groups in total. The molecule has 2 aromatic rings. The zero-order valence-electron chi connectivity index (χ0n) is 8.60. The number of sulfonamides is 1. The van der Waals surface area contributed by atoms with Crippen LogP contribution in [0.5, 0.6) is 0 Å². The van der Waals surface area contributed by atoms with Gasteiger partial charge in [-0.1, -0.05) is 0 Å². The Morgan fingerprint density at radius 2 is 2.31 bits per heavy atom. The maximum Gasteiger partial charge on any atom is 0.257 e. The molecule has 0 spiro atoms. The first-order chi connectivity index (χ1) is 7.58. The van der Waals surface area contributed by atoms with E-state index in [-0.39, 0.29) is 5.03 Å². The van der Waals surface area contributed by atoms with Crippen LogP contribution in [0.1, 0.15) is 9.75 Å². The van der Waals surface area contributed by atoms with Crippen LogP contribution >= 0.6 is 11.3 Å². The first-order valence-electron chi connectivity index (χ1n) is 4.61. The van der Waals surface area contributed by atoms with Crippen LogP contribution in [0, 0.1) is 6.92 Å². The fourth-order valence-electron chi connectivity index (χ4n) is 1.21. The van der Waals surface area contributed by atoms with E-state index in [0.717, 1.165) is 9.75 Å². The van der Waals surface area contributed by atoms with E-state index in [1.165, 1.54) is 12.5 Å². The maximum atomic E-state index is 11.7. The van der Waals surface area contributed by atoms with Gasteiger partial charge in [0.1, 0.15) is 0 Å². The van der Waals surface area contributed by atoms with Crippen LogP contribution in [0.25, 0.3) is 0 Å². The zero-order valence-corrected chi connectivity index (χ0v) is 10.2. The summed E-state index contributed by atoms with van der Waals surface area (Å²) >= 11 is 1.57. The van der Waals surface area contributed by atoms with Crippen molar-refractivity contribution in [2.24, 2.45) is 0 Å². The Morgan fingerprint density at radius 3 is 2.88 bits per heavy atom. The fraction of sp³-hybridized carbons (Fsp3) is 0.222. The SMILES string of the molecule is Cc1ccc(CNS(=O)(=O)c2cnc[nH]2)s1. The summed E-state index contributed by atoms with van der Waals surface area (Å²) in [7, 11) is -3.47. The summed E-state index contributed by atoms with van der Waals surface area (Å²) < 4.78 is 25.9. The highest BCUT2D eigenvalue weighted by atomic mass is 32.2. The third-order valence-electron chi connectivity index (χ3n) is 2.00. The minimum Gasteiger partial charge on any atom is -0.335 e. The lowest BCUT2D eigenvalue weighted by molar-refractivity contribution is 0.578. The lowest BCUT2D eigenvalue weighted by atomic mass is 10.4. The van der Waals surface area contributed by atoms with Gasteiger partial charge in [0.2, 0.25) is 0 Å². The molecule has 0 fully saturated rings. The Labute approximate surface area is 97.6 Å². The molecule has 0 saturated heterocycles. The zero-order chi connectivity index (χ0) is 11.6. The average molecular weight is 257 g/mol. The van der Waals surface area contributed by atoms with Crippen LogP contribution < -0.4 is 4.72 Å². The maximum absolute atomic E-state index is 11.7. The fourth-order valence-corrected chi connectivity index (χ4v) is 3.04. The largest absolute Gasteiger partial charge is 0.335 e. The Hall–Kier alpha value is -1.18. The van der Waals surface area contributed by atoms with Crippen molar-refractivity contribution >= 4 is 21.4 Å². The van der Waals surface area contributed by atoms with Gasteiger partial charge in [-0.3, -0.25) is 0 Å². The van der Waals surface area contributed by atoms with E-state index in [0.29, 0.717) is 6.54 Å². The van der Waals surface area contributed by atoms with Crippen LogP contribution in [0.2, 0.25) is 0 Å². The van der Waals surface area contributed by atoms with E-state index in [4.69, 9.17) is 0 Å². The molecule has 16 heavy (non-hydrogen) atoms. The predicted octanol–water partition coefficient (Wildman–Crippen LogP) is 1.26. The second kappa shape index (κ2) is 4.36. The molecule has 2 rings (SSSR count). The number of aromatic nitrogens is 2. The molecule has 2 heterocycles. The third kappa shape index (κ3) is 2.49. The summed E-state index contributed by atoms with van der Waals surface area (Å²) in [5.41, 5.74) is 0. The molecule has 7 heteroatoms. The molecule has 0 unspecified atom stereocenters. The molecule has 0 amide bonds. The van der Waals surface area contributed by atoms with Gasteiger partial charge in [0, 0.05) is 16.3 Å². The number of rotatable bonds is 4. The molecule has 0 saturated carbocycles. The summed E-state index contributed by atoms with van der Waals surface area (Å²) in [5.74, 6) is 0. The van der Waals surface area contributed by atoms with E-state index in [1.807, 2.05) is 19.1 Å². The van der Waals surface area contributed by atoms with Crippen LogP contribution in [0.4, 0.5) is 0 Å². The smallest absolute Gasteiger partial charge is 0.257 e. The molecule has 0 aliphatic rings. The Balaban J connectivity index is 2.06. The van der Waals surface area contributed by atoms with Gasteiger partial charge in [-0.2, -0.15) is 0 Å². The number of nitrogens with one attached hydrogen (secondary N) is 2. The first-order valence-corrected chi connectivity index (χ1v) is 6.91. The number of aromatic amines is 1. The number of hydrogen-bond donors (Lipinski definition) is 2. The summed E-state index contributed by atoms with van der Waals surface area (Å²) in [4.78, 5) is 8.39. The van der Waals surface area contributed by atoms with Crippen molar-refractivity contribution in [3.05, 3.63) is 34.4 Å². The normalized spacial score (nSPS) is 11.8. The molecule has 0 aliphatic heterocycles. The molecule has 0 radical (unpaired) electrons. The summed E-state index contributed by atoms with van der Waals surface area (Å²) in [6.07, 6.45) is 2.62. The number of H-pyrrole nitrogens is 1. The Kier molecular flexibility index (Phi) is 3.08. The number of imidazole rings is 1. The van der Waals surface area contributed by atoms with Crippen LogP contribution in [0.15, 0.2) is 29.7 Å². The molecule has 0 bridgehead atoms. The summed E-state index contributed by atoms with van der Waals surface area (Å²) in [6.45, 7) is 2.29. The van der Waals surface area contributed by atoms with Gasteiger partial charge in [0.15, 0.2) is 5.03 Å². The number of hydrogen-bond acceptors (Lipinski definition) is 4. The van der Waals surface area contributed by atoms with Gasteiger partial charge >= 0.3 is 0 Å². The van der Waals surface area contributed by atoms with Crippen molar-refractivity contribution in [3.8, 4) is 0 Å². The standard InChI is InChI=1S/C9H11N3O2S2/c1-7-2-3-8(15-7)4-12-16(13,14)9-5-10-6-11-9/h2-3,5-6,12H,4H2,1H3,(H,10,11). The van der Waals surface area contributed by atoms with E-state index in [1.54, 1.807) is 11.3 Å². The van der Waals surface area contributed by atoms with Crippen molar-refractivity contribution in [2.75, 3.05) is 0 Å². The molecule has 5 nitrogen and oxygen atoms in total. The third-order valence-corrected chi connectivity index (χ3v) is 4.32. The minimum absolute atomic E-state index is 0.0841. The van der Waals surface area contributed by atoms with Crippen molar-refractivity contribution < 1.29 is 8.42 Å². The van der Waals surface area contributed by atoms with E-state index < -0.39 is 10.0 Å². The lowest BCUT2D eigenvalue weighted by Crippen LogP contribution is -2.23. The van der Waals surface area contributed by atoms with E-state index in [2.05, 4.69) is 14.7 Å². The van der Waals surface area contributed by atoms with Crippen LogP contribution in [0.3, 0.4) is 0 Å². The van der Waals surface area contributed by atoms with Gasteiger partial charge in [-0.05, 0) is 19.1 Å². The van der Waals surface area contributed by atoms with Crippen LogP contribution in [-0.2, 0) is 16.6 Å². The Bertz CT molecular complexity index is 557. The second-order valence-corrected chi connectivity index (χ2v) is 6.36. The molecule has 86 valence electrons. The first kappa shape index (κ1) is 11.3. The highest BCUT2D eigenvalue weighted by Crippen LogP contribution is 2.15.